The largest absolute Gasteiger partial charge is 0.493 e. The molecular weight excluding hydrogens is 410 g/mol. The molecule has 1 heterocycles. The fourth-order valence-corrected chi connectivity index (χ4v) is 3.84. The molecule has 0 bridgehead atoms. The number of nitro benzene ring substituents is 1. The Bertz CT molecular complexity index is 966. The molecule has 9 heteroatoms. The number of nitro groups is 1. The molecule has 3 rings (SSSR count). The monoisotopic (exact) mass is 433 g/mol. The molecular formula is C21H24ClN3O5. The zero-order valence-electron chi connectivity index (χ0n) is 17.1. The second-order valence-corrected chi connectivity index (χ2v) is 7.66. The van der Waals surface area contributed by atoms with Gasteiger partial charge < -0.3 is 19.7 Å². The van der Waals surface area contributed by atoms with Gasteiger partial charge in [0.1, 0.15) is 5.56 Å². The normalized spacial score (nSPS) is 15.7. The summed E-state index contributed by atoms with van der Waals surface area (Å²) in [4.78, 5) is 25.8. The number of ether oxygens (including phenoxy) is 2. The number of carbonyl (C=O) groups excluding carboxylic acids is 1. The zero-order valence-corrected chi connectivity index (χ0v) is 17.9. The van der Waals surface area contributed by atoms with Crippen molar-refractivity contribution in [3.63, 3.8) is 0 Å². The molecule has 30 heavy (non-hydrogen) atoms. The number of benzene rings is 2. The maximum atomic E-state index is 12.7. The van der Waals surface area contributed by atoms with Gasteiger partial charge in [0.25, 0.3) is 11.6 Å². The maximum Gasteiger partial charge on any atom is 0.286 e. The Labute approximate surface area is 179 Å². The first-order chi connectivity index (χ1) is 14.3. The van der Waals surface area contributed by atoms with Gasteiger partial charge >= 0.3 is 0 Å². The summed E-state index contributed by atoms with van der Waals surface area (Å²) in [6.07, 6.45) is 0.903. The van der Waals surface area contributed by atoms with E-state index in [0.29, 0.717) is 11.6 Å². The standard InChI is InChI=1S/C21H24ClN3O5/c1-13-4-5-15(22)8-17(13)24-7-6-14(12-24)11-23-21(26)16-9-19(29-2)20(30-3)10-18(16)25(27)28/h4-5,8-10,14H,6-7,11-12H2,1-3H3,(H,23,26). The highest BCUT2D eigenvalue weighted by atomic mass is 35.5. The van der Waals surface area contributed by atoms with E-state index in [1.807, 2.05) is 25.1 Å². The lowest BCUT2D eigenvalue weighted by Gasteiger charge is -2.21. The average Bonchev–Trinajstić information content (AvgIpc) is 3.21. The highest BCUT2D eigenvalue weighted by Gasteiger charge is 2.27. The predicted molar refractivity (Wildman–Crippen MR) is 115 cm³/mol. The summed E-state index contributed by atoms with van der Waals surface area (Å²) in [5, 5.41) is 14.9. The number of methoxy groups -OCH3 is 2. The van der Waals surface area contributed by atoms with Crippen molar-refractivity contribution >= 4 is 28.9 Å². The van der Waals surface area contributed by atoms with Gasteiger partial charge in [-0.05, 0) is 37.0 Å². The van der Waals surface area contributed by atoms with Crippen molar-refractivity contribution in [1.82, 2.24) is 5.32 Å². The summed E-state index contributed by atoms with van der Waals surface area (Å²) in [6.45, 7) is 4.09. The summed E-state index contributed by atoms with van der Waals surface area (Å²) in [5.74, 6) is 0.173. The van der Waals surface area contributed by atoms with E-state index in [1.165, 1.54) is 26.4 Å². The van der Waals surface area contributed by atoms with Crippen molar-refractivity contribution in [1.29, 1.82) is 0 Å². The molecule has 0 aliphatic carbocycles. The van der Waals surface area contributed by atoms with Gasteiger partial charge in [0.05, 0.1) is 25.2 Å². The number of aryl methyl sites for hydroxylation is 1. The third-order valence-electron chi connectivity index (χ3n) is 5.29. The van der Waals surface area contributed by atoms with Crippen LogP contribution in [0.25, 0.3) is 0 Å². The van der Waals surface area contributed by atoms with Crippen molar-refractivity contribution in [2.75, 3.05) is 38.8 Å². The van der Waals surface area contributed by atoms with E-state index in [9.17, 15) is 14.9 Å². The van der Waals surface area contributed by atoms with Crippen LogP contribution in [0.5, 0.6) is 11.5 Å². The quantitative estimate of drug-likeness (QED) is 0.526. The number of amides is 1. The van der Waals surface area contributed by atoms with Crippen LogP contribution < -0.4 is 19.7 Å². The van der Waals surface area contributed by atoms with E-state index in [1.54, 1.807) is 0 Å². The van der Waals surface area contributed by atoms with E-state index in [2.05, 4.69) is 10.2 Å². The Kier molecular flexibility index (Phi) is 6.66. The molecule has 1 unspecified atom stereocenters. The third kappa shape index (κ3) is 4.59. The maximum absolute atomic E-state index is 12.7. The summed E-state index contributed by atoms with van der Waals surface area (Å²) in [5.41, 5.74) is 1.85. The van der Waals surface area contributed by atoms with Gasteiger partial charge in [-0.2, -0.15) is 0 Å². The van der Waals surface area contributed by atoms with Crippen molar-refractivity contribution in [3.8, 4) is 11.5 Å². The first kappa shape index (κ1) is 21.7. The summed E-state index contributed by atoms with van der Waals surface area (Å²) >= 11 is 6.13. The number of hydrogen-bond acceptors (Lipinski definition) is 6. The average molecular weight is 434 g/mol. The number of hydrogen-bond donors (Lipinski definition) is 1. The topological polar surface area (TPSA) is 93.9 Å². The molecule has 1 fully saturated rings. The van der Waals surface area contributed by atoms with E-state index >= 15 is 0 Å². The van der Waals surface area contributed by atoms with Crippen LogP contribution in [0, 0.1) is 23.0 Å². The predicted octanol–water partition coefficient (Wildman–Crippen LogP) is 3.83. The Morgan fingerprint density at radius 2 is 1.97 bits per heavy atom. The lowest BCUT2D eigenvalue weighted by molar-refractivity contribution is -0.385. The molecule has 2 aromatic rings. The van der Waals surface area contributed by atoms with Gasteiger partial charge in [-0.15, -0.1) is 0 Å². The Balaban J connectivity index is 1.69. The van der Waals surface area contributed by atoms with E-state index in [0.717, 1.165) is 30.8 Å². The molecule has 8 nitrogen and oxygen atoms in total. The molecule has 0 spiro atoms. The van der Waals surface area contributed by atoms with Crippen molar-refractivity contribution in [2.45, 2.75) is 13.3 Å². The third-order valence-corrected chi connectivity index (χ3v) is 5.53. The molecule has 1 aliphatic heterocycles. The molecule has 1 amide bonds. The number of rotatable bonds is 7. The van der Waals surface area contributed by atoms with Crippen molar-refractivity contribution in [3.05, 3.63) is 56.6 Å². The lowest BCUT2D eigenvalue weighted by Crippen LogP contribution is -2.31. The van der Waals surface area contributed by atoms with Crippen LogP contribution in [0.15, 0.2) is 30.3 Å². The number of nitrogens with one attached hydrogen (secondary N) is 1. The summed E-state index contributed by atoms with van der Waals surface area (Å²) in [7, 11) is 2.80. The minimum absolute atomic E-state index is 0.0572. The Morgan fingerprint density at radius 1 is 1.27 bits per heavy atom. The SMILES string of the molecule is COc1cc(C(=O)NCC2CCN(c3cc(Cl)ccc3C)C2)c([N+](=O)[O-])cc1OC. The highest BCUT2D eigenvalue weighted by molar-refractivity contribution is 6.30. The number of anilines is 1. The number of carbonyl (C=O) groups is 1. The van der Waals surface area contributed by atoms with Crippen molar-refractivity contribution < 1.29 is 19.2 Å². The molecule has 1 N–H and O–H groups in total. The van der Waals surface area contributed by atoms with Gasteiger partial charge in [-0.3, -0.25) is 14.9 Å². The van der Waals surface area contributed by atoms with Crippen LogP contribution >= 0.6 is 11.6 Å². The fraction of sp³-hybridized carbons (Fsp3) is 0.381. The molecule has 0 radical (unpaired) electrons. The van der Waals surface area contributed by atoms with Gasteiger partial charge in [-0.1, -0.05) is 17.7 Å². The van der Waals surface area contributed by atoms with Gasteiger partial charge in [0, 0.05) is 36.4 Å². The zero-order chi connectivity index (χ0) is 21.8. The molecule has 1 aliphatic rings. The molecule has 0 saturated carbocycles. The molecule has 0 aromatic heterocycles. The number of nitrogens with zero attached hydrogens (tertiary/aromatic N) is 2. The van der Waals surface area contributed by atoms with E-state index < -0.39 is 10.8 Å². The van der Waals surface area contributed by atoms with Crippen LogP contribution in [0.1, 0.15) is 22.3 Å². The first-order valence-corrected chi connectivity index (χ1v) is 9.91. The van der Waals surface area contributed by atoms with Crippen LogP contribution in [0.3, 0.4) is 0 Å². The molecule has 2 aromatic carbocycles. The molecule has 160 valence electrons. The van der Waals surface area contributed by atoms with Gasteiger partial charge in [0.15, 0.2) is 11.5 Å². The summed E-state index contributed by atoms with van der Waals surface area (Å²) < 4.78 is 10.3. The van der Waals surface area contributed by atoms with Gasteiger partial charge in [-0.25, -0.2) is 0 Å². The minimum Gasteiger partial charge on any atom is -0.493 e. The van der Waals surface area contributed by atoms with Crippen LogP contribution in [-0.4, -0.2) is 44.7 Å². The second kappa shape index (κ2) is 9.21. The van der Waals surface area contributed by atoms with Crippen LogP contribution in [-0.2, 0) is 0 Å². The smallest absolute Gasteiger partial charge is 0.286 e. The number of halogens is 1. The van der Waals surface area contributed by atoms with Gasteiger partial charge in [0.2, 0.25) is 0 Å². The van der Waals surface area contributed by atoms with E-state index in [-0.39, 0.29) is 28.7 Å². The minimum atomic E-state index is -0.601. The highest BCUT2D eigenvalue weighted by Crippen LogP contribution is 2.34. The summed E-state index contributed by atoms with van der Waals surface area (Å²) in [6, 6.07) is 8.34. The fourth-order valence-electron chi connectivity index (χ4n) is 3.67. The van der Waals surface area contributed by atoms with Crippen LogP contribution in [0.4, 0.5) is 11.4 Å². The lowest BCUT2D eigenvalue weighted by atomic mass is 10.1. The molecule has 1 saturated heterocycles. The second-order valence-electron chi connectivity index (χ2n) is 7.22. The Morgan fingerprint density at radius 3 is 2.63 bits per heavy atom. The van der Waals surface area contributed by atoms with Crippen molar-refractivity contribution in [2.24, 2.45) is 5.92 Å². The van der Waals surface area contributed by atoms with E-state index in [4.69, 9.17) is 21.1 Å². The Hall–Kier alpha value is -3.00. The molecule has 1 atom stereocenters. The van der Waals surface area contributed by atoms with Crippen LogP contribution in [0.2, 0.25) is 5.02 Å². The first-order valence-electron chi connectivity index (χ1n) is 9.53.